The highest BCUT2D eigenvalue weighted by atomic mass is 16.3. The number of rotatable bonds is 1. The number of aromatic hydroxyl groups is 1. The third-order valence-corrected chi connectivity index (χ3v) is 3.09. The SMILES string of the molecule is CC(=O)c1cc2c(cc1O)CCCCC2. The quantitative estimate of drug-likeness (QED) is 0.564. The zero-order chi connectivity index (χ0) is 10.8. The zero-order valence-corrected chi connectivity index (χ0v) is 9.05. The maximum absolute atomic E-state index is 11.3. The van der Waals surface area contributed by atoms with Crippen LogP contribution in [0.5, 0.6) is 5.75 Å². The highest BCUT2D eigenvalue weighted by Gasteiger charge is 2.14. The number of phenolic OH excluding ortho intramolecular Hbond substituents is 1. The minimum atomic E-state index is -0.0560. The van der Waals surface area contributed by atoms with E-state index in [0.717, 1.165) is 12.8 Å². The Morgan fingerprint density at radius 3 is 2.33 bits per heavy atom. The van der Waals surface area contributed by atoms with Crippen LogP contribution in [-0.2, 0) is 12.8 Å². The Kier molecular flexibility index (Phi) is 2.76. The largest absolute Gasteiger partial charge is 0.507 e. The van der Waals surface area contributed by atoms with Gasteiger partial charge in [-0.15, -0.1) is 0 Å². The van der Waals surface area contributed by atoms with E-state index in [9.17, 15) is 9.90 Å². The molecule has 0 saturated heterocycles. The minimum absolute atomic E-state index is 0.0560. The predicted molar refractivity (Wildman–Crippen MR) is 59.4 cm³/mol. The van der Waals surface area contributed by atoms with E-state index in [-0.39, 0.29) is 11.5 Å². The van der Waals surface area contributed by atoms with Gasteiger partial charge in [-0.3, -0.25) is 4.79 Å². The molecule has 2 heteroatoms. The van der Waals surface area contributed by atoms with E-state index in [2.05, 4.69) is 0 Å². The van der Waals surface area contributed by atoms with Crippen molar-refractivity contribution in [1.82, 2.24) is 0 Å². The Bertz CT molecular complexity index is 394. The van der Waals surface area contributed by atoms with Crippen LogP contribution in [-0.4, -0.2) is 10.9 Å². The van der Waals surface area contributed by atoms with Crippen LogP contribution in [0, 0.1) is 0 Å². The van der Waals surface area contributed by atoms with Crippen LogP contribution >= 0.6 is 0 Å². The van der Waals surface area contributed by atoms with Gasteiger partial charge < -0.3 is 5.11 Å². The van der Waals surface area contributed by atoms with Crippen LogP contribution in [0.4, 0.5) is 0 Å². The predicted octanol–water partition coefficient (Wildman–Crippen LogP) is 2.86. The van der Waals surface area contributed by atoms with E-state index in [0.29, 0.717) is 5.56 Å². The molecule has 15 heavy (non-hydrogen) atoms. The van der Waals surface area contributed by atoms with Crippen molar-refractivity contribution in [3.8, 4) is 5.75 Å². The van der Waals surface area contributed by atoms with Crippen molar-refractivity contribution in [1.29, 1.82) is 0 Å². The molecular weight excluding hydrogens is 188 g/mol. The number of hydrogen-bond donors (Lipinski definition) is 1. The first-order valence-electron chi connectivity index (χ1n) is 5.54. The fourth-order valence-corrected chi connectivity index (χ4v) is 2.23. The lowest BCUT2D eigenvalue weighted by Crippen LogP contribution is -1.98. The Morgan fingerprint density at radius 2 is 1.73 bits per heavy atom. The highest BCUT2D eigenvalue weighted by Crippen LogP contribution is 2.28. The van der Waals surface area contributed by atoms with Gasteiger partial charge in [-0.2, -0.15) is 0 Å². The number of fused-ring (bicyclic) bond motifs is 1. The average molecular weight is 204 g/mol. The molecule has 0 aliphatic heterocycles. The molecule has 2 rings (SSSR count). The number of carbonyl (C=O) groups excluding carboxylic acids is 1. The number of ketones is 1. The van der Waals surface area contributed by atoms with Crippen LogP contribution < -0.4 is 0 Å². The van der Waals surface area contributed by atoms with E-state index in [4.69, 9.17) is 0 Å². The molecule has 0 spiro atoms. The first-order chi connectivity index (χ1) is 7.18. The molecule has 0 radical (unpaired) electrons. The molecule has 2 nitrogen and oxygen atoms in total. The van der Waals surface area contributed by atoms with Crippen LogP contribution in [0.2, 0.25) is 0 Å². The van der Waals surface area contributed by atoms with E-state index < -0.39 is 0 Å². The van der Waals surface area contributed by atoms with Gasteiger partial charge in [-0.05, 0) is 55.9 Å². The molecule has 1 aromatic rings. The molecule has 1 N–H and O–H groups in total. The molecule has 0 fully saturated rings. The first kappa shape index (κ1) is 10.2. The summed E-state index contributed by atoms with van der Waals surface area (Å²) < 4.78 is 0. The summed E-state index contributed by atoms with van der Waals surface area (Å²) >= 11 is 0. The van der Waals surface area contributed by atoms with Crippen LogP contribution in [0.15, 0.2) is 12.1 Å². The fraction of sp³-hybridized carbons (Fsp3) is 0.462. The molecule has 0 amide bonds. The van der Waals surface area contributed by atoms with Gasteiger partial charge in [0.2, 0.25) is 0 Å². The van der Waals surface area contributed by atoms with Gasteiger partial charge in [0.1, 0.15) is 5.75 Å². The first-order valence-corrected chi connectivity index (χ1v) is 5.54. The molecule has 80 valence electrons. The molecule has 0 saturated carbocycles. The van der Waals surface area contributed by atoms with Crippen LogP contribution in [0.25, 0.3) is 0 Å². The number of carbonyl (C=O) groups is 1. The summed E-state index contributed by atoms with van der Waals surface area (Å²) in [5.74, 6) is 0.0858. The summed E-state index contributed by atoms with van der Waals surface area (Å²) in [6.45, 7) is 1.50. The lowest BCUT2D eigenvalue weighted by Gasteiger charge is -2.09. The van der Waals surface area contributed by atoms with Crippen LogP contribution in [0.1, 0.15) is 47.7 Å². The van der Waals surface area contributed by atoms with E-state index in [1.54, 1.807) is 6.07 Å². The molecule has 0 atom stereocenters. The van der Waals surface area contributed by atoms with Crippen molar-refractivity contribution in [3.05, 3.63) is 28.8 Å². The van der Waals surface area contributed by atoms with Crippen molar-refractivity contribution in [3.63, 3.8) is 0 Å². The van der Waals surface area contributed by atoms with Gasteiger partial charge in [0, 0.05) is 0 Å². The fourth-order valence-electron chi connectivity index (χ4n) is 2.23. The second-order valence-electron chi connectivity index (χ2n) is 4.25. The topological polar surface area (TPSA) is 37.3 Å². The van der Waals surface area contributed by atoms with E-state index in [1.165, 1.54) is 37.3 Å². The number of Topliss-reactive ketones (excluding diaryl/α,β-unsaturated/α-hetero) is 1. The molecule has 0 bridgehead atoms. The molecule has 0 unspecified atom stereocenters. The summed E-state index contributed by atoms with van der Waals surface area (Å²) in [6, 6.07) is 3.65. The molecule has 1 aliphatic carbocycles. The second-order valence-corrected chi connectivity index (χ2v) is 4.25. The Labute approximate surface area is 89.9 Å². The van der Waals surface area contributed by atoms with Crippen molar-refractivity contribution in [2.24, 2.45) is 0 Å². The van der Waals surface area contributed by atoms with Gasteiger partial charge in [0.05, 0.1) is 5.56 Å². The molecule has 1 aliphatic rings. The standard InChI is InChI=1S/C13H16O2/c1-9(14)12-7-10-5-3-2-4-6-11(10)8-13(12)15/h7-8,15H,2-6H2,1H3. The Morgan fingerprint density at radius 1 is 1.13 bits per heavy atom. The van der Waals surface area contributed by atoms with Gasteiger partial charge in [0.15, 0.2) is 5.78 Å². The van der Waals surface area contributed by atoms with Gasteiger partial charge >= 0.3 is 0 Å². The molecule has 1 aromatic carbocycles. The summed E-state index contributed by atoms with van der Waals surface area (Å²) in [5, 5.41) is 9.71. The van der Waals surface area contributed by atoms with Crippen molar-refractivity contribution < 1.29 is 9.90 Å². The maximum Gasteiger partial charge on any atom is 0.163 e. The Balaban J connectivity index is 2.47. The lowest BCUT2D eigenvalue weighted by molar-refractivity contribution is 0.101. The molecule has 0 aromatic heterocycles. The summed E-state index contributed by atoms with van der Waals surface area (Å²) in [5.41, 5.74) is 2.93. The normalized spacial score (nSPS) is 15.5. The van der Waals surface area contributed by atoms with Crippen molar-refractivity contribution in [2.75, 3.05) is 0 Å². The third-order valence-electron chi connectivity index (χ3n) is 3.09. The van der Waals surface area contributed by atoms with Crippen molar-refractivity contribution >= 4 is 5.78 Å². The van der Waals surface area contributed by atoms with Gasteiger partial charge in [-0.1, -0.05) is 6.42 Å². The maximum atomic E-state index is 11.3. The number of hydrogen-bond acceptors (Lipinski definition) is 2. The van der Waals surface area contributed by atoms with Gasteiger partial charge in [0.25, 0.3) is 0 Å². The summed E-state index contributed by atoms with van der Waals surface area (Å²) in [4.78, 5) is 11.3. The second kappa shape index (κ2) is 4.05. The lowest BCUT2D eigenvalue weighted by atomic mass is 9.98. The number of benzene rings is 1. The Hall–Kier alpha value is -1.31. The minimum Gasteiger partial charge on any atom is -0.507 e. The highest BCUT2D eigenvalue weighted by molar-refractivity contribution is 5.97. The average Bonchev–Trinajstić information content (AvgIpc) is 2.40. The number of phenols is 1. The monoisotopic (exact) mass is 204 g/mol. The van der Waals surface area contributed by atoms with E-state index in [1.807, 2.05) is 6.07 Å². The van der Waals surface area contributed by atoms with Crippen molar-refractivity contribution in [2.45, 2.75) is 39.0 Å². The third kappa shape index (κ3) is 2.04. The summed E-state index contributed by atoms with van der Waals surface area (Å²) in [7, 11) is 0. The zero-order valence-electron chi connectivity index (χ0n) is 9.05. The van der Waals surface area contributed by atoms with Gasteiger partial charge in [-0.25, -0.2) is 0 Å². The summed E-state index contributed by atoms with van der Waals surface area (Å²) in [6.07, 6.45) is 5.68. The smallest absolute Gasteiger partial charge is 0.163 e. The van der Waals surface area contributed by atoms with E-state index >= 15 is 0 Å². The molecular formula is C13H16O2. The molecule has 0 heterocycles. The number of aryl methyl sites for hydroxylation is 2. The van der Waals surface area contributed by atoms with Crippen LogP contribution in [0.3, 0.4) is 0 Å².